The summed E-state index contributed by atoms with van der Waals surface area (Å²) in [4.78, 5) is 39.0. The zero-order valence-electron chi connectivity index (χ0n) is 19.6. The van der Waals surface area contributed by atoms with Gasteiger partial charge in [-0.15, -0.1) is 0 Å². The van der Waals surface area contributed by atoms with Crippen molar-refractivity contribution in [3.05, 3.63) is 59.7 Å². The van der Waals surface area contributed by atoms with E-state index in [9.17, 15) is 19.5 Å². The molecule has 1 heterocycles. The van der Waals surface area contributed by atoms with Gasteiger partial charge < -0.3 is 24.8 Å². The molecule has 0 bridgehead atoms. The van der Waals surface area contributed by atoms with Gasteiger partial charge in [0.25, 0.3) is 5.91 Å². The Balaban J connectivity index is 1.45. The number of rotatable bonds is 7. The maximum absolute atomic E-state index is 13.3. The number of nitrogens with zero attached hydrogens (tertiary/aromatic N) is 1. The van der Waals surface area contributed by atoms with Gasteiger partial charge in [-0.2, -0.15) is 0 Å². The van der Waals surface area contributed by atoms with Gasteiger partial charge in [0.1, 0.15) is 12.1 Å². The Bertz CT molecular complexity index is 1060. The Hall–Kier alpha value is -3.39. The quantitative estimate of drug-likeness (QED) is 0.650. The van der Waals surface area contributed by atoms with Crippen LogP contribution in [0.1, 0.15) is 30.9 Å². The van der Waals surface area contributed by atoms with Crippen LogP contribution in [0, 0.1) is 11.8 Å². The predicted molar refractivity (Wildman–Crippen MR) is 125 cm³/mol. The van der Waals surface area contributed by atoms with Crippen LogP contribution in [-0.4, -0.2) is 66.9 Å². The molecule has 3 unspecified atom stereocenters. The molecule has 0 saturated carbocycles. The molecule has 180 valence electrons. The van der Waals surface area contributed by atoms with Gasteiger partial charge in [-0.1, -0.05) is 55.5 Å². The van der Waals surface area contributed by atoms with Crippen molar-refractivity contribution in [1.29, 1.82) is 0 Å². The van der Waals surface area contributed by atoms with E-state index in [0.29, 0.717) is 6.54 Å². The van der Waals surface area contributed by atoms with E-state index < -0.39 is 29.4 Å². The van der Waals surface area contributed by atoms with Gasteiger partial charge in [0.05, 0.1) is 12.5 Å². The molecule has 2 aliphatic rings. The average Bonchev–Trinajstić information content (AvgIpc) is 3.35. The van der Waals surface area contributed by atoms with E-state index in [1.807, 2.05) is 36.4 Å². The van der Waals surface area contributed by atoms with Crippen LogP contribution in [-0.2, 0) is 19.1 Å². The third-order valence-corrected chi connectivity index (χ3v) is 6.84. The molecular formula is C26H30N2O6. The fraction of sp³-hybridized carbons (Fsp3) is 0.423. The molecule has 8 nitrogen and oxygen atoms in total. The Morgan fingerprint density at radius 3 is 2.18 bits per heavy atom. The van der Waals surface area contributed by atoms with Gasteiger partial charge in [0.2, 0.25) is 0 Å². The third-order valence-electron chi connectivity index (χ3n) is 6.84. The molecule has 2 aromatic rings. The highest BCUT2D eigenvalue weighted by atomic mass is 16.5. The number of benzene rings is 2. The molecule has 34 heavy (non-hydrogen) atoms. The lowest BCUT2D eigenvalue weighted by Crippen LogP contribution is -2.60. The van der Waals surface area contributed by atoms with Crippen LogP contribution in [0.15, 0.2) is 48.5 Å². The molecule has 0 aromatic heterocycles. The summed E-state index contributed by atoms with van der Waals surface area (Å²) in [6.45, 7) is 3.83. The minimum Gasteiger partial charge on any atom is -0.481 e. The van der Waals surface area contributed by atoms with Crippen molar-refractivity contribution in [2.75, 3.05) is 33.4 Å². The molecule has 1 aliphatic heterocycles. The second kappa shape index (κ2) is 9.46. The van der Waals surface area contributed by atoms with E-state index in [4.69, 9.17) is 9.47 Å². The number of ether oxygens (including phenoxy) is 2. The van der Waals surface area contributed by atoms with Crippen LogP contribution in [0.25, 0.3) is 11.1 Å². The van der Waals surface area contributed by atoms with Crippen LogP contribution < -0.4 is 5.32 Å². The van der Waals surface area contributed by atoms with Crippen molar-refractivity contribution < 1.29 is 29.0 Å². The van der Waals surface area contributed by atoms with Crippen molar-refractivity contribution in [3.8, 4) is 11.1 Å². The van der Waals surface area contributed by atoms with Gasteiger partial charge in [-0.25, -0.2) is 4.79 Å². The highest BCUT2D eigenvalue weighted by Gasteiger charge is 2.45. The molecular weight excluding hydrogens is 436 g/mol. The first-order valence-corrected chi connectivity index (χ1v) is 11.4. The zero-order valence-corrected chi connectivity index (χ0v) is 19.6. The third kappa shape index (κ3) is 4.37. The van der Waals surface area contributed by atoms with E-state index in [1.54, 1.807) is 13.8 Å². The number of carboxylic acids is 1. The number of hydrogen-bond acceptors (Lipinski definition) is 5. The van der Waals surface area contributed by atoms with E-state index >= 15 is 0 Å². The summed E-state index contributed by atoms with van der Waals surface area (Å²) >= 11 is 0. The average molecular weight is 467 g/mol. The number of carbonyl (C=O) groups is 3. The number of methoxy groups -OCH3 is 1. The van der Waals surface area contributed by atoms with Crippen LogP contribution >= 0.6 is 0 Å². The van der Waals surface area contributed by atoms with E-state index in [0.717, 1.165) is 22.3 Å². The molecule has 1 fully saturated rings. The maximum atomic E-state index is 13.3. The molecule has 2 amide bonds. The number of amides is 2. The second-order valence-corrected chi connectivity index (χ2v) is 9.35. The highest BCUT2D eigenvalue weighted by Crippen LogP contribution is 2.44. The van der Waals surface area contributed by atoms with Gasteiger partial charge in [-0.3, -0.25) is 9.59 Å². The predicted octanol–water partition coefficient (Wildman–Crippen LogP) is 3.11. The lowest BCUT2D eigenvalue weighted by Gasteiger charge is -2.32. The molecule has 0 radical (unpaired) electrons. The Morgan fingerprint density at radius 1 is 1.06 bits per heavy atom. The zero-order chi connectivity index (χ0) is 24.5. The van der Waals surface area contributed by atoms with Crippen LogP contribution in [0.5, 0.6) is 0 Å². The first-order chi connectivity index (χ1) is 16.2. The standard InChI is InChI=1S/C26H30N2O6/c1-16-12-28(13-21(16)23(29)30)24(31)26(2,15-33-3)27-25(32)34-14-22-19-10-6-4-8-17(19)18-9-5-7-11-20(18)22/h4-11,16,21-22H,12-15H2,1-3H3,(H,27,32)(H,29,30). The molecule has 2 aromatic carbocycles. The Labute approximate surface area is 198 Å². The monoisotopic (exact) mass is 466 g/mol. The van der Waals surface area contributed by atoms with Gasteiger partial charge in [-0.05, 0) is 35.1 Å². The van der Waals surface area contributed by atoms with Crippen molar-refractivity contribution in [3.63, 3.8) is 0 Å². The molecule has 1 saturated heterocycles. The molecule has 8 heteroatoms. The molecule has 2 N–H and O–H groups in total. The summed E-state index contributed by atoms with van der Waals surface area (Å²) in [7, 11) is 1.44. The topological polar surface area (TPSA) is 105 Å². The summed E-state index contributed by atoms with van der Waals surface area (Å²) in [6.07, 6.45) is -0.725. The Kier molecular flexibility index (Phi) is 6.61. The fourth-order valence-electron chi connectivity index (χ4n) is 5.10. The van der Waals surface area contributed by atoms with Crippen LogP contribution in [0.3, 0.4) is 0 Å². The molecule has 4 rings (SSSR count). The minimum atomic E-state index is -1.38. The lowest BCUT2D eigenvalue weighted by atomic mass is 9.98. The fourth-order valence-corrected chi connectivity index (χ4v) is 5.10. The smallest absolute Gasteiger partial charge is 0.408 e. The summed E-state index contributed by atoms with van der Waals surface area (Å²) in [5, 5.41) is 12.1. The molecule has 3 atom stereocenters. The number of aliphatic carboxylic acids is 1. The van der Waals surface area contributed by atoms with Gasteiger partial charge in [0, 0.05) is 26.1 Å². The minimum absolute atomic E-state index is 0.0708. The summed E-state index contributed by atoms with van der Waals surface area (Å²) in [5.74, 6) is -2.23. The number of hydrogen-bond donors (Lipinski definition) is 2. The molecule has 1 aliphatic carbocycles. The summed E-state index contributed by atoms with van der Waals surface area (Å²) < 4.78 is 10.8. The summed E-state index contributed by atoms with van der Waals surface area (Å²) in [6, 6.07) is 16.1. The van der Waals surface area contributed by atoms with Crippen molar-refractivity contribution in [1.82, 2.24) is 10.2 Å². The number of nitrogens with one attached hydrogen (secondary N) is 1. The summed E-state index contributed by atoms with van der Waals surface area (Å²) in [5.41, 5.74) is 3.06. The number of alkyl carbamates (subject to hydrolysis) is 1. The highest BCUT2D eigenvalue weighted by molar-refractivity contribution is 5.90. The van der Waals surface area contributed by atoms with Crippen LogP contribution in [0.4, 0.5) is 4.79 Å². The number of carboxylic acid groups (broad SMARTS) is 1. The number of fused-ring (bicyclic) bond motifs is 3. The Morgan fingerprint density at radius 2 is 1.65 bits per heavy atom. The normalized spacial score (nSPS) is 20.9. The van der Waals surface area contributed by atoms with E-state index in [-0.39, 0.29) is 31.6 Å². The first-order valence-electron chi connectivity index (χ1n) is 11.4. The second-order valence-electron chi connectivity index (χ2n) is 9.35. The van der Waals surface area contributed by atoms with Gasteiger partial charge >= 0.3 is 12.1 Å². The number of carbonyl (C=O) groups excluding carboxylic acids is 2. The van der Waals surface area contributed by atoms with Crippen molar-refractivity contribution >= 4 is 18.0 Å². The molecule has 0 spiro atoms. The maximum Gasteiger partial charge on any atom is 0.408 e. The van der Waals surface area contributed by atoms with Crippen molar-refractivity contribution in [2.45, 2.75) is 25.3 Å². The lowest BCUT2D eigenvalue weighted by molar-refractivity contribution is -0.143. The van der Waals surface area contributed by atoms with Crippen LogP contribution in [0.2, 0.25) is 0 Å². The van der Waals surface area contributed by atoms with E-state index in [2.05, 4.69) is 17.4 Å². The SMILES string of the molecule is COCC(C)(NC(=O)OCC1c2ccccc2-c2ccccc21)C(=O)N1CC(C)C(C(=O)O)C1. The largest absolute Gasteiger partial charge is 0.481 e. The van der Waals surface area contributed by atoms with Crippen molar-refractivity contribution in [2.24, 2.45) is 11.8 Å². The van der Waals surface area contributed by atoms with E-state index in [1.165, 1.54) is 12.0 Å². The first kappa shape index (κ1) is 23.8. The van der Waals surface area contributed by atoms with Gasteiger partial charge in [0.15, 0.2) is 0 Å². The number of likely N-dealkylation sites (tertiary alicyclic amines) is 1.